The van der Waals surface area contributed by atoms with Crippen molar-refractivity contribution in [3.8, 4) is 56.5 Å². The zero-order valence-electron chi connectivity index (χ0n) is 37.6. The molecule has 0 radical (unpaired) electrons. The number of hydrogen-bond acceptors (Lipinski definition) is 3. The van der Waals surface area contributed by atoms with Gasteiger partial charge in [-0.05, 0) is 137 Å². The molecule has 0 bridgehead atoms. The van der Waals surface area contributed by atoms with Gasteiger partial charge in [0.2, 0.25) is 11.8 Å². The summed E-state index contributed by atoms with van der Waals surface area (Å²) in [6, 6.07) is 78.6. The standard InChI is InChI=1S/C62H48N4O.4CH4/c1-3-42(39-41(2)43-21-25-48(26-22-43)61-63-64-62(67-61)49-27-23-45(24-28-49)44-13-5-4-6-14-44)50-33-38-60-56(40-50)55-17-9-12-20-59(55)66(60)52-36-31-47(32-37-52)46-29-34-51(35-30-46)65-57-18-10-7-15-53(57)54-16-8-11-19-58(54)65;;;;/h4-38,40-42H,3,39H2,1-2H3;4*1H4. The van der Waals surface area contributed by atoms with Gasteiger partial charge in [0, 0.05) is 44.0 Å². The third-order valence-corrected chi connectivity index (χ3v) is 13.9. The number of rotatable bonds is 11. The van der Waals surface area contributed by atoms with E-state index in [-0.39, 0.29) is 29.7 Å². The molecule has 9 aromatic carbocycles. The van der Waals surface area contributed by atoms with E-state index in [0.717, 1.165) is 40.9 Å². The third-order valence-electron chi connectivity index (χ3n) is 13.9. The highest BCUT2D eigenvalue weighted by molar-refractivity contribution is 6.10. The van der Waals surface area contributed by atoms with Crippen LogP contribution in [0.15, 0.2) is 223 Å². The second kappa shape index (κ2) is 20.8. The molecule has 2 atom stereocenters. The summed E-state index contributed by atoms with van der Waals surface area (Å²) in [7, 11) is 0. The monoisotopic (exact) mass is 929 g/mol. The summed E-state index contributed by atoms with van der Waals surface area (Å²) in [5.74, 6) is 1.82. The van der Waals surface area contributed by atoms with Crippen LogP contribution >= 0.6 is 0 Å². The average Bonchev–Trinajstić information content (AvgIpc) is 4.12. The number of para-hydroxylation sites is 3. The fraction of sp³-hybridized carbons (Fsp3) is 0.152. The fourth-order valence-electron chi connectivity index (χ4n) is 10.3. The quantitative estimate of drug-likeness (QED) is 0.130. The Hall–Kier alpha value is -8.28. The van der Waals surface area contributed by atoms with Crippen molar-refractivity contribution in [1.29, 1.82) is 0 Å². The molecule has 0 N–H and O–H groups in total. The Bertz CT molecular complexity index is 3640. The normalized spacial score (nSPS) is 11.9. The molecular formula is C66H64N4O. The minimum absolute atomic E-state index is 0. The van der Waals surface area contributed by atoms with E-state index in [0.29, 0.717) is 23.6 Å². The molecule has 0 saturated heterocycles. The highest BCUT2D eigenvalue weighted by Gasteiger charge is 2.20. The molecule has 0 fully saturated rings. The van der Waals surface area contributed by atoms with Crippen molar-refractivity contribution < 1.29 is 4.42 Å². The molecule has 0 aliphatic carbocycles. The Morgan fingerprint density at radius 1 is 0.380 bits per heavy atom. The molecule has 5 nitrogen and oxygen atoms in total. The van der Waals surface area contributed by atoms with Gasteiger partial charge in [-0.1, -0.05) is 183 Å². The molecule has 0 spiro atoms. The van der Waals surface area contributed by atoms with E-state index >= 15 is 0 Å². The van der Waals surface area contributed by atoms with Crippen LogP contribution in [0.4, 0.5) is 0 Å². The van der Waals surface area contributed by atoms with E-state index in [1.54, 1.807) is 0 Å². The van der Waals surface area contributed by atoms with Gasteiger partial charge in [-0.2, -0.15) is 0 Å². The fourth-order valence-corrected chi connectivity index (χ4v) is 10.3. The highest BCUT2D eigenvalue weighted by Crippen LogP contribution is 2.39. The third kappa shape index (κ3) is 8.96. The van der Waals surface area contributed by atoms with Gasteiger partial charge in [0.25, 0.3) is 0 Å². The highest BCUT2D eigenvalue weighted by atomic mass is 16.4. The van der Waals surface area contributed by atoms with Crippen LogP contribution in [0.5, 0.6) is 0 Å². The summed E-state index contributed by atoms with van der Waals surface area (Å²) >= 11 is 0. The van der Waals surface area contributed by atoms with Crippen LogP contribution in [0.1, 0.15) is 79.4 Å². The Kier molecular flexibility index (Phi) is 14.4. The SMILES string of the molecule is C.C.C.C.CCC(CC(C)c1ccc(-c2nnc(-c3ccc(-c4ccccc4)cc3)o2)cc1)c1ccc2c(c1)c1ccccc1n2-c1ccc(-c2ccc(-n3c4ccccc4c4ccccc43)cc2)cc1. The predicted molar refractivity (Wildman–Crippen MR) is 304 cm³/mol. The van der Waals surface area contributed by atoms with Gasteiger partial charge in [-0.3, -0.25) is 0 Å². The lowest BCUT2D eigenvalue weighted by molar-refractivity contribution is 0.545. The summed E-state index contributed by atoms with van der Waals surface area (Å²) in [5.41, 5.74) is 16.4. The molecule has 0 aliphatic heterocycles. The summed E-state index contributed by atoms with van der Waals surface area (Å²) < 4.78 is 11.0. The number of nitrogens with zero attached hydrogens (tertiary/aromatic N) is 4. The number of fused-ring (bicyclic) bond motifs is 6. The van der Waals surface area contributed by atoms with Crippen molar-refractivity contribution in [2.45, 2.75) is 68.2 Å². The molecule has 12 aromatic rings. The van der Waals surface area contributed by atoms with Gasteiger partial charge in [0.1, 0.15) is 0 Å². The van der Waals surface area contributed by atoms with Crippen LogP contribution in [0.25, 0.3) is 100 Å². The van der Waals surface area contributed by atoms with E-state index < -0.39 is 0 Å². The molecular weight excluding hydrogens is 865 g/mol. The summed E-state index contributed by atoms with van der Waals surface area (Å²) in [6.07, 6.45) is 2.11. The maximum absolute atomic E-state index is 6.17. The maximum Gasteiger partial charge on any atom is 0.248 e. The lowest BCUT2D eigenvalue weighted by atomic mass is 9.84. The van der Waals surface area contributed by atoms with Gasteiger partial charge in [-0.25, -0.2) is 0 Å². The first-order valence-corrected chi connectivity index (χ1v) is 23.4. The Morgan fingerprint density at radius 2 is 0.746 bits per heavy atom. The predicted octanol–water partition coefficient (Wildman–Crippen LogP) is 19.2. The van der Waals surface area contributed by atoms with Crippen LogP contribution in [0, 0.1) is 0 Å². The topological polar surface area (TPSA) is 48.8 Å². The van der Waals surface area contributed by atoms with E-state index in [1.165, 1.54) is 71.4 Å². The Morgan fingerprint density at radius 3 is 1.23 bits per heavy atom. The minimum atomic E-state index is 0. The smallest absolute Gasteiger partial charge is 0.248 e. The summed E-state index contributed by atoms with van der Waals surface area (Å²) in [5, 5.41) is 13.9. The second-order valence-electron chi connectivity index (χ2n) is 17.8. The van der Waals surface area contributed by atoms with Crippen LogP contribution in [-0.2, 0) is 0 Å². The van der Waals surface area contributed by atoms with E-state index in [2.05, 4.69) is 233 Å². The van der Waals surface area contributed by atoms with Gasteiger partial charge < -0.3 is 13.6 Å². The average molecular weight is 929 g/mol. The van der Waals surface area contributed by atoms with Gasteiger partial charge >= 0.3 is 0 Å². The summed E-state index contributed by atoms with van der Waals surface area (Å²) in [6.45, 7) is 4.66. The number of aromatic nitrogens is 4. The summed E-state index contributed by atoms with van der Waals surface area (Å²) in [4.78, 5) is 0. The van der Waals surface area contributed by atoms with Crippen LogP contribution in [-0.4, -0.2) is 19.3 Å². The number of benzene rings is 9. The van der Waals surface area contributed by atoms with E-state index in [4.69, 9.17) is 4.42 Å². The second-order valence-corrected chi connectivity index (χ2v) is 17.8. The van der Waals surface area contributed by atoms with Crippen molar-refractivity contribution in [2.75, 3.05) is 0 Å². The molecule has 12 rings (SSSR count). The van der Waals surface area contributed by atoms with Crippen molar-refractivity contribution in [3.63, 3.8) is 0 Å². The maximum atomic E-state index is 6.17. The molecule has 354 valence electrons. The molecule has 3 heterocycles. The first-order chi connectivity index (χ1) is 33.1. The molecule has 71 heavy (non-hydrogen) atoms. The van der Waals surface area contributed by atoms with E-state index in [9.17, 15) is 0 Å². The number of hydrogen-bond donors (Lipinski definition) is 0. The Balaban J connectivity index is 0.00000169. The van der Waals surface area contributed by atoms with Crippen LogP contribution in [0.2, 0.25) is 0 Å². The van der Waals surface area contributed by atoms with Gasteiger partial charge in [0.15, 0.2) is 0 Å². The molecule has 2 unspecified atom stereocenters. The van der Waals surface area contributed by atoms with Gasteiger partial charge in [-0.15, -0.1) is 10.2 Å². The van der Waals surface area contributed by atoms with Crippen molar-refractivity contribution in [3.05, 3.63) is 230 Å². The van der Waals surface area contributed by atoms with E-state index in [1.807, 2.05) is 18.2 Å². The molecule has 0 amide bonds. The first kappa shape index (κ1) is 49.2. The van der Waals surface area contributed by atoms with Crippen LogP contribution < -0.4 is 0 Å². The van der Waals surface area contributed by atoms with Crippen LogP contribution in [0.3, 0.4) is 0 Å². The van der Waals surface area contributed by atoms with Crippen molar-refractivity contribution in [1.82, 2.24) is 19.3 Å². The largest absolute Gasteiger partial charge is 0.416 e. The zero-order valence-corrected chi connectivity index (χ0v) is 37.6. The Labute approximate surface area is 419 Å². The van der Waals surface area contributed by atoms with Gasteiger partial charge in [0.05, 0.1) is 22.1 Å². The molecule has 0 saturated carbocycles. The minimum Gasteiger partial charge on any atom is -0.416 e. The molecule has 0 aliphatic rings. The molecule has 3 aromatic heterocycles. The first-order valence-electron chi connectivity index (χ1n) is 23.4. The van der Waals surface area contributed by atoms with Crippen molar-refractivity contribution >= 4 is 43.6 Å². The molecule has 5 heteroatoms. The lowest BCUT2D eigenvalue weighted by Gasteiger charge is -2.21. The lowest BCUT2D eigenvalue weighted by Crippen LogP contribution is -2.04. The zero-order chi connectivity index (χ0) is 44.8. The van der Waals surface area contributed by atoms with Crippen molar-refractivity contribution in [2.24, 2.45) is 0 Å².